The monoisotopic (exact) mass is 460 g/mol. The van der Waals surface area contributed by atoms with Crippen molar-refractivity contribution in [3.05, 3.63) is 95.3 Å². The van der Waals surface area contributed by atoms with Gasteiger partial charge in [0.15, 0.2) is 16.6 Å². The summed E-state index contributed by atoms with van der Waals surface area (Å²) in [4.78, 5) is 17.4. The molecule has 0 fully saturated rings. The molecule has 1 aromatic heterocycles. The minimum atomic E-state index is -0.479. The van der Waals surface area contributed by atoms with Gasteiger partial charge in [-0.3, -0.25) is 4.79 Å². The zero-order valence-electron chi connectivity index (χ0n) is 18.3. The van der Waals surface area contributed by atoms with Crippen LogP contribution in [0.15, 0.2) is 84.2 Å². The lowest BCUT2D eigenvalue weighted by molar-refractivity contribution is -0.113. The van der Waals surface area contributed by atoms with Gasteiger partial charge in [0, 0.05) is 11.9 Å². The molecule has 0 spiro atoms. The van der Waals surface area contributed by atoms with Crippen LogP contribution in [-0.4, -0.2) is 23.1 Å². The van der Waals surface area contributed by atoms with E-state index in [1.54, 1.807) is 25.4 Å². The van der Waals surface area contributed by atoms with Gasteiger partial charge in [0.25, 0.3) is 5.91 Å². The summed E-state index contributed by atoms with van der Waals surface area (Å²) in [6.45, 7) is 2.21. The third kappa shape index (κ3) is 5.30. The number of methoxy groups -OCH3 is 1. The smallest absolute Gasteiger partial charge is 0.256 e. The Morgan fingerprint density at radius 2 is 1.88 bits per heavy atom. The Balaban J connectivity index is 1.64. The molecule has 0 unspecified atom stereocenters. The van der Waals surface area contributed by atoms with Crippen molar-refractivity contribution in [2.45, 2.75) is 19.6 Å². The minimum absolute atomic E-state index is 0.277. The predicted octanol–water partition coefficient (Wildman–Crippen LogP) is 4.10. The zero-order valence-corrected chi connectivity index (χ0v) is 19.1. The first-order chi connectivity index (χ1) is 16.0. The Kier molecular flexibility index (Phi) is 6.85. The van der Waals surface area contributed by atoms with Crippen molar-refractivity contribution in [3.63, 3.8) is 0 Å². The molecule has 168 valence electrons. The average Bonchev–Trinajstić information content (AvgIpc) is 2.83. The summed E-state index contributed by atoms with van der Waals surface area (Å²) in [5, 5.41) is 9.54. The first kappa shape index (κ1) is 22.3. The van der Waals surface area contributed by atoms with E-state index in [4.69, 9.17) is 21.7 Å². The van der Waals surface area contributed by atoms with Crippen molar-refractivity contribution < 1.29 is 14.3 Å². The summed E-state index contributed by atoms with van der Waals surface area (Å²) in [5.41, 5.74) is 3.03. The number of nitrogens with one attached hydrogen (secondary N) is 3. The van der Waals surface area contributed by atoms with E-state index in [0.29, 0.717) is 40.3 Å². The molecule has 0 bridgehead atoms. The number of carbonyl (C=O) groups is 1. The Morgan fingerprint density at radius 1 is 1.09 bits per heavy atom. The van der Waals surface area contributed by atoms with Crippen LogP contribution in [0.25, 0.3) is 0 Å². The summed E-state index contributed by atoms with van der Waals surface area (Å²) < 4.78 is 11.6. The fraction of sp³-hybridized carbons (Fsp3) is 0.160. The van der Waals surface area contributed by atoms with Crippen molar-refractivity contribution in [3.8, 4) is 11.5 Å². The molecule has 4 rings (SSSR count). The largest absolute Gasteiger partial charge is 0.493 e. The number of anilines is 1. The molecule has 0 saturated heterocycles. The molecule has 2 aromatic carbocycles. The van der Waals surface area contributed by atoms with Crippen LogP contribution in [0.1, 0.15) is 24.1 Å². The van der Waals surface area contributed by atoms with Gasteiger partial charge in [-0.05, 0) is 54.5 Å². The number of benzene rings is 2. The Labute approximate surface area is 197 Å². The molecule has 3 N–H and O–H groups in total. The van der Waals surface area contributed by atoms with Crippen LogP contribution in [0, 0.1) is 0 Å². The third-order valence-corrected chi connectivity index (χ3v) is 5.40. The predicted molar refractivity (Wildman–Crippen MR) is 131 cm³/mol. The van der Waals surface area contributed by atoms with E-state index in [1.165, 1.54) is 0 Å². The lowest BCUT2D eigenvalue weighted by Crippen LogP contribution is -2.45. The average molecular weight is 461 g/mol. The van der Waals surface area contributed by atoms with E-state index in [1.807, 2.05) is 61.5 Å². The molecular formula is C25H24N4O3S. The fourth-order valence-corrected chi connectivity index (χ4v) is 3.86. The normalized spacial score (nSPS) is 15.3. The summed E-state index contributed by atoms with van der Waals surface area (Å²) in [5.74, 6) is 1.37. The van der Waals surface area contributed by atoms with Crippen LogP contribution in [-0.2, 0) is 11.4 Å². The van der Waals surface area contributed by atoms with Crippen LogP contribution in [0.5, 0.6) is 11.5 Å². The highest BCUT2D eigenvalue weighted by molar-refractivity contribution is 7.80. The van der Waals surface area contributed by atoms with Gasteiger partial charge in [-0.15, -0.1) is 0 Å². The molecule has 3 aromatic rings. The molecule has 1 amide bonds. The molecular weight excluding hydrogens is 436 g/mol. The van der Waals surface area contributed by atoms with Gasteiger partial charge in [0.2, 0.25) is 0 Å². The van der Waals surface area contributed by atoms with E-state index in [9.17, 15) is 4.79 Å². The second-order valence-electron chi connectivity index (χ2n) is 7.42. The van der Waals surface area contributed by atoms with Gasteiger partial charge in [0.05, 0.1) is 18.7 Å². The number of hydrogen-bond acceptors (Lipinski definition) is 5. The van der Waals surface area contributed by atoms with Gasteiger partial charge >= 0.3 is 0 Å². The second-order valence-corrected chi connectivity index (χ2v) is 7.83. The van der Waals surface area contributed by atoms with E-state index < -0.39 is 6.04 Å². The molecule has 1 atom stereocenters. The first-order valence-electron chi connectivity index (χ1n) is 10.4. The zero-order chi connectivity index (χ0) is 23.2. The maximum atomic E-state index is 13.2. The molecule has 0 radical (unpaired) electrons. The van der Waals surface area contributed by atoms with Gasteiger partial charge in [-0.1, -0.05) is 42.5 Å². The molecule has 33 heavy (non-hydrogen) atoms. The van der Waals surface area contributed by atoms with E-state index in [-0.39, 0.29) is 5.91 Å². The van der Waals surface area contributed by atoms with Crippen LogP contribution < -0.4 is 25.4 Å². The highest BCUT2D eigenvalue weighted by Crippen LogP contribution is 2.35. The van der Waals surface area contributed by atoms with Crippen LogP contribution in [0.4, 0.5) is 5.82 Å². The number of amides is 1. The number of aromatic nitrogens is 1. The first-order valence-corrected chi connectivity index (χ1v) is 10.8. The van der Waals surface area contributed by atoms with Crippen molar-refractivity contribution in [2.75, 3.05) is 12.4 Å². The summed E-state index contributed by atoms with van der Waals surface area (Å²) in [7, 11) is 1.60. The Bertz CT molecular complexity index is 1180. The summed E-state index contributed by atoms with van der Waals surface area (Å²) >= 11 is 5.37. The second kappa shape index (κ2) is 10.1. The number of nitrogens with zero attached hydrogens (tertiary/aromatic N) is 1. The van der Waals surface area contributed by atoms with E-state index >= 15 is 0 Å². The third-order valence-electron chi connectivity index (χ3n) is 5.18. The van der Waals surface area contributed by atoms with Gasteiger partial charge < -0.3 is 25.4 Å². The fourth-order valence-electron chi connectivity index (χ4n) is 3.59. The number of pyridine rings is 1. The standard InChI is InChI=1S/C25H24N4O3S/c1-16-22(24(30)28-21-10-6-7-13-26-21)23(29-25(33)27-16)18-11-12-19(31-2)20(14-18)32-15-17-8-4-3-5-9-17/h3-14,23H,15H2,1-2H3,(H,26,28,30)(H2,27,29,33)/t23-/m1/s1. The minimum Gasteiger partial charge on any atom is -0.493 e. The number of ether oxygens (including phenoxy) is 2. The molecule has 7 nitrogen and oxygen atoms in total. The van der Waals surface area contributed by atoms with Crippen LogP contribution in [0.3, 0.4) is 0 Å². The molecule has 1 aliphatic heterocycles. The van der Waals surface area contributed by atoms with Crippen LogP contribution in [0.2, 0.25) is 0 Å². The summed E-state index contributed by atoms with van der Waals surface area (Å²) in [6, 6.07) is 20.3. The van der Waals surface area contributed by atoms with Crippen molar-refractivity contribution in [1.29, 1.82) is 0 Å². The number of hydrogen-bond donors (Lipinski definition) is 3. The number of rotatable bonds is 7. The maximum absolute atomic E-state index is 13.2. The maximum Gasteiger partial charge on any atom is 0.256 e. The topological polar surface area (TPSA) is 84.5 Å². The number of allylic oxidation sites excluding steroid dienone is 1. The molecule has 0 saturated carbocycles. The van der Waals surface area contributed by atoms with Crippen LogP contribution >= 0.6 is 12.2 Å². The lowest BCUT2D eigenvalue weighted by Gasteiger charge is -2.30. The van der Waals surface area contributed by atoms with E-state index in [2.05, 4.69) is 20.9 Å². The van der Waals surface area contributed by atoms with Crippen molar-refractivity contribution in [2.24, 2.45) is 0 Å². The lowest BCUT2D eigenvalue weighted by atomic mass is 9.94. The van der Waals surface area contributed by atoms with Gasteiger partial charge in [0.1, 0.15) is 12.4 Å². The van der Waals surface area contributed by atoms with E-state index in [0.717, 1.165) is 11.1 Å². The number of carbonyl (C=O) groups excluding carboxylic acids is 1. The Morgan fingerprint density at radius 3 is 2.61 bits per heavy atom. The highest BCUT2D eigenvalue weighted by Gasteiger charge is 2.30. The molecule has 0 aliphatic carbocycles. The summed E-state index contributed by atoms with van der Waals surface area (Å²) in [6.07, 6.45) is 1.63. The number of thiocarbonyl (C=S) groups is 1. The highest BCUT2D eigenvalue weighted by atomic mass is 32.1. The van der Waals surface area contributed by atoms with Gasteiger partial charge in [-0.25, -0.2) is 4.98 Å². The molecule has 1 aliphatic rings. The molecule has 8 heteroatoms. The quantitative estimate of drug-likeness (QED) is 0.458. The van der Waals surface area contributed by atoms with Gasteiger partial charge in [-0.2, -0.15) is 0 Å². The SMILES string of the molecule is COc1ccc([C@H]2NC(=S)NC(C)=C2C(=O)Nc2ccccn2)cc1OCc1ccccc1. The Hall–Kier alpha value is -3.91. The molecule has 2 heterocycles. The van der Waals surface area contributed by atoms with Crippen molar-refractivity contribution in [1.82, 2.24) is 15.6 Å². The van der Waals surface area contributed by atoms with Crippen molar-refractivity contribution >= 4 is 29.1 Å².